The van der Waals surface area contributed by atoms with Crippen molar-refractivity contribution in [2.24, 2.45) is 34.6 Å². The molecule has 2 aromatic heterocycles. The van der Waals surface area contributed by atoms with Crippen LogP contribution in [0.4, 0.5) is 11.6 Å². The van der Waals surface area contributed by atoms with E-state index in [2.05, 4.69) is 61.8 Å². The van der Waals surface area contributed by atoms with Gasteiger partial charge in [-0.15, -0.1) is 0 Å². The van der Waals surface area contributed by atoms with Crippen molar-refractivity contribution < 1.29 is 19.1 Å². The Bertz CT molecular complexity index is 2530. The smallest absolute Gasteiger partial charge is 0.254 e. The molecule has 70 heavy (non-hydrogen) atoms. The van der Waals surface area contributed by atoms with Gasteiger partial charge in [-0.05, 0) is 181 Å². The van der Waals surface area contributed by atoms with E-state index in [0.29, 0.717) is 45.8 Å². The Morgan fingerprint density at radius 2 is 0.914 bits per heavy atom. The number of amides is 2. The molecular formula is C57H71N9O4. The van der Waals surface area contributed by atoms with Crippen molar-refractivity contribution in [2.45, 2.75) is 111 Å². The average Bonchev–Trinajstić information content (AvgIpc) is 3.95. The second-order valence-electron chi connectivity index (χ2n) is 21.7. The third kappa shape index (κ3) is 10.6. The quantitative estimate of drug-likeness (QED) is 0.104. The lowest BCUT2D eigenvalue weighted by Crippen LogP contribution is -2.47. The number of nitrogens with two attached hydrogens (primary N) is 2. The minimum atomic E-state index is -0.457. The molecule has 2 atom stereocenters. The minimum absolute atomic E-state index is 0.193. The van der Waals surface area contributed by atoms with E-state index in [1.54, 1.807) is 0 Å². The lowest BCUT2D eigenvalue weighted by Gasteiger charge is -2.43. The SMILES string of the molecule is CC(C)(C)C1CCC(C2CCNc3c(C(N)=O)c(-c4ccc(Oc5ccccc5)cc4)nn32)CC1.CC(C)(C)N1CCC([C@@H]2CCNc3c(C(N)=O)c(-c4ccc(Oc5ccccc5)cc4)nn32)CC1. The fraction of sp³-hybridized carbons (Fsp3) is 0.439. The van der Waals surface area contributed by atoms with E-state index in [-0.39, 0.29) is 11.6 Å². The number of fused-ring (bicyclic) bond motifs is 2. The van der Waals surface area contributed by atoms with Gasteiger partial charge in [-0.3, -0.25) is 14.5 Å². The van der Waals surface area contributed by atoms with E-state index < -0.39 is 11.8 Å². The molecule has 368 valence electrons. The van der Waals surface area contributed by atoms with Crippen molar-refractivity contribution in [3.63, 3.8) is 0 Å². The number of piperidine rings is 1. The number of carbonyl (C=O) groups is 2. The van der Waals surface area contributed by atoms with Gasteiger partial charge in [0.25, 0.3) is 11.8 Å². The number of primary amides is 2. The maximum Gasteiger partial charge on any atom is 0.254 e. The highest BCUT2D eigenvalue weighted by Gasteiger charge is 2.39. The first kappa shape index (κ1) is 48.4. The predicted octanol–water partition coefficient (Wildman–Crippen LogP) is 12.0. The Kier molecular flexibility index (Phi) is 14.1. The van der Waals surface area contributed by atoms with Gasteiger partial charge < -0.3 is 31.6 Å². The number of nitrogens with one attached hydrogen (secondary N) is 2. The summed E-state index contributed by atoms with van der Waals surface area (Å²) >= 11 is 0. The first-order valence-electron chi connectivity index (χ1n) is 25.4. The summed E-state index contributed by atoms with van der Waals surface area (Å²) in [6.07, 6.45) is 9.21. The van der Waals surface area contributed by atoms with Gasteiger partial charge in [0.05, 0.1) is 12.1 Å². The molecule has 3 aliphatic heterocycles. The average molecular weight is 946 g/mol. The van der Waals surface area contributed by atoms with Crippen LogP contribution in [-0.4, -0.2) is 68.0 Å². The Morgan fingerprint density at radius 1 is 0.529 bits per heavy atom. The van der Waals surface area contributed by atoms with Crippen LogP contribution in [-0.2, 0) is 0 Å². The fourth-order valence-corrected chi connectivity index (χ4v) is 11.3. The summed E-state index contributed by atoms with van der Waals surface area (Å²) in [6.45, 7) is 17.8. The van der Waals surface area contributed by atoms with Crippen LogP contribution in [0.2, 0.25) is 0 Å². The number of hydrogen-bond donors (Lipinski definition) is 4. The summed E-state index contributed by atoms with van der Waals surface area (Å²) in [5.41, 5.74) is 16.3. The van der Waals surface area contributed by atoms with Crippen molar-refractivity contribution >= 4 is 23.5 Å². The van der Waals surface area contributed by atoms with Gasteiger partial charge in [0.2, 0.25) is 0 Å². The van der Waals surface area contributed by atoms with Gasteiger partial charge in [-0.1, -0.05) is 57.2 Å². The van der Waals surface area contributed by atoms with Crippen molar-refractivity contribution in [2.75, 3.05) is 36.8 Å². The molecule has 2 amide bonds. The van der Waals surface area contributed by atoms with Crippen LogP contribution in [0.15, 0.2) is 109 Å². The number of nitrogens with zero attached hydrogens (tertiary/aromatic N) is 5. The maximum absolute atomic E-state index is 12.6. The zero-order valence-corrected chi connectivity index (χ0v) is 41.8. The molecule has 4 aliphatic rings. The van der Waals surface area contributed by atoms with Crippen LogP contribution in [0, 0.1) is 23.2 Å². The largest absolute Gasteiger partial charge is 0.457 e. The molecule has 6 aromatic rings. The highest BCUT2D eigenvalue weighted by Crippen LogP contribution is 2.47. The van der Waals surface area contributed by atoms with E-state index in [4.69, 9.17) is 31.1 Å². The van der Waals surface area contributed by atoms with Crippen LogP contribution < -0.4 is 31.6 Å². The van der Waals surface area contributed by atoms with Crippen molar-refractivity contribution in [1.82, 2.24) is 24.5 Å². The zero-order valence-electron chi connectivity index (χ0n) is 41.8. The van der Waals surface area contributed by atoms with Gasteiger partial charge in [-0.25, -0.2) is 9.36 Å². The topological polar surface area (TPSA) is 168 Å². The molecular weight excluding hydrogens is 875 g/mol. The summed E-state index contributed by atoms with van der Waals surface area (Å²) in [4.78, 5) is 27.7. The second kappa shape index (κ2) is 20.4. The molecule has 13 heteroatoms. The summed E-state index contributed by atoms with van der Waals surface area (Å²) in [5, 5.41) is 16.8. The molecule has 6 N–H and O–H groups in total. The Hall–Kier alpha value is -6.60. The second-order valence-corrected chi connectivity index (χ2v) is 21.7. The van der Waals surface area contributed by atoms with Crippen LogP contribution in [0.1, 0.15) is 126 Å². The monoisotopic (exact) mass is 946 g/mol. The van der Waals surface area contributed by atoms with Gasteiger partial charge in [0.15, 0.2) is 0 Å². The number of para-hydroxylation sites is 2. The van der Waals surface area contributed by atoms with Crippen molar-refractivity contribution in [3.05, 3.63) is 120 Å². The van der Waals surface area contributed by atoms with E-state index in [0.717, 1.165) is 104 Å². The molecule has 1 unspecified atom stereocenters. The number of benzene rings is 4. The van der Waals surface area contributed by atoms with Crippen LogP contribution >= 0.6 is 0 Å². The van der Waals surface area contributed by atoms with Crippen LogP contribution in [0.25, 0.3) is 22.5 Å². The number of ether oxygens (including phenoxy) is 2. The first-order chi connectivity index (χ1) is 33.6. The normalized spacial score (nSPS) is 20.7. The zero-order chi connectivity index (χ0) is 49.2. The van der Waals surface area contributed by atoms with E-state index in [9.17, 15) is 9.59 Å². The molecule has 1 saturated carbocycles. The number of likely N-dealkylation sites (tertiary alicyclic amines) is 1. The van der Waals surface area contributed by atoms with Gasteiger partial charge in [-0.2, -0.15) is 10.2 Å². The minimum Gasteiger partial charge on any atom is -0.457 e. The molecule has 0 radical (unpaired) electrons. The maximum atomic E-state index is 12.6. The first-order valence-corrected chi connectivity index (χ1v) is 25.4. The fourth-order valence-electron chi connectivity index (χ4n) is 11.3. The molecule has 2 fully saturated rings. The standard InChI is InChI=1S/C29H36N4O2.C28H35N5O2/c1-29(2,3)21-13-9-19(10-14-21)24-17-18-31-28-25(27(30)34)26(32-33(24)28)20-11-15-23(16-12-20)35-22-7-5-4-6-8-22;1-28(2,3)32-17-14-19(15-18-32)23-13-16-30-27-24(26(29)34)25(31-33(23)27)20-9-11-22(12-10-20)35-21-7-5-4-6-8-21/h4-8,11-12,15-16,19,21,24,31H,9-10,13-14,17-18H2,1-3H3,(H2,30,34);4-12,19,23,30H,13-18H2,1-3H3,(H2,29,34)/t;23-/m.0/s1. The summed E-state index contributed by atoms with van der Waals surface area (Å²) in [6, 6.07) is 35.3. The van der Waals surface area contributed by atoms with Gasteiger partial charge in [0.1, 0.15) is 57.1 Å². The Labute approximate surface area is 413 Å². The van der Waals surface area contributed by atoms with E-state index in [1.807, 2.05) is 114 Å². The predicted molar refractivity (Wildman–Crippen MR) is 279 cm³/mol. The molecule has 13 nitrogen and oxygen atoms in total. The summed E-state index contributed by atoms with van der Waals surface area (Å²) in [5.74, 6) is 5.51. The van der Waals surface area contributed by atoms with Gasteiger partial charge >= 0.3 is 0 Å². The molecule has 1 saturated heterocycles. The molecule has 0 bridgehead atoms. The molecule has 4 aromatic carbocycles. The lowest BCUT2D eigenvalue weighted by atomic mass is 9.68. The van der Waals surface area contributed by atoms with Crippen LogP contribution in [0.3, 0.4) is 0 Å². The van der Waals surface area contributed by atoms with Crippen LogP contribution in [0.5, 0.6) is 23.0 Å². The van der Waals surface area contributed by atoms with Crippen molar-refractivity contribution in [3.8, 4) is 45.5 Å². The number of carbonyl (C=O) groups excluding carboxylic acids is 2. The summed E-state index contributed by atoms with van der Waals surface area (Å²) < 4.78 is 16.0. The lowest BCUT2D eigenvalue weighted by molar-refractivity contribution is 0.0683. The molecule has 5 heterocycles. The van der Waals surface area contributed by atoms with E-state index >= 15 is 0 Å². The highest BCUT2D eigenvalue weighted by molar-refractivity contribution is 6.04. The Morgan fingerprint density at radius 3 is 1.29 bits per heavy atom. The third-order valence-electron chi connectivity index (χ3n) is 15.2. The van der Waals surface area contributed by atoms with Crippen molar-refractivity contribution in [1.29, 1.82) is 0 Å². The third-order valence-corrected chi connectivity index (χ3v) is 15.2. The molecule has 1 aliphatic carbocycles. The molecule has 0 spiro atoms. The number of rotatable bonds is 10. The number of aromatic nitrogens is 4. The molecule has 10 rings (SSSR count). The number of anilines is 2. The summed E-state index contributed by atoms with van der Waals surface area (Å²) in [7, 11) is 0. The number of hydrogen-bond acceptors (Lipinski definition) is 9. The van der Waals surface area contributed by atoms with Gasteiger partial charge in [0, 0.05) is 29.8 Å². The Balaban J connectivity index is 0.000000174. The highest BCUT2D eigenvalue weighted by atomic mass is 16.5. The van der Waals surface area contributed by atoms with E-state index in [1.165, 1.54) is 25.7 Å².